The molecule has 18 heavy (non-hydrogen) atoms. The Balaban J connectivity index is 2.85. The zero-order chi connectivity index (χ0) is 13.7. The van der Waals surface area contributed by atoms with Crippen LogP contribution in [0.3, 0.4) is 0 Å². The molecule has 6 heteroatoms. The molecule has 0 aliphatic heterocycles. The number of hydrogen-bond acceptors (Lipinski definition) is 3. The number of likely N-dealkylation sites (N-methyl/N-ethyl adjacent to an activating group) is 1. The predicted molar refractivity (Wildman–Crippen MR) is 65.9 cm³/mol. The zero-order valence-corrected chi connectivity index (χ0v) is 10.7. The number of hydrogen-bond donors (Lipinski definition) is 2. The number of rotatable bonds is 5. The molecular formula is C12H17N3O3. The standard InChI is InChI=1S/C12H17N3O3/c1-4-8(2)11(16)15(3)10(12(17)18)5-9-6-13-7-14-9/h4,6-7,10H,5H2,1-3H3,(H,13,14)(H,17,18)/t10-/m0/s1. The summed E-state index contributed by atoms with van der Waals surface area (Å²) in [6.07, 6.45) is 4.90. The van der Waals surface area contributed by atoms with Crippen molar-refractivity contribution in [1.29, 1.82) is 0 Å². The molecule has 0 aromatic carbocycles. The zero-order valence-electron chi connectivity index (χ0n) is 10.7. The Bertz CT molecular complexity index is 451. The van der Waals surface area contributed by atoms with Crippen molar-refractivity contribution in [2.24, 2.45) is 0 Å². The lowest BCUT2D eigenvalue weighted by molar-refractivity contribution is -0.147. The molecular weight excluding hydrogens is 234 g/mol. The second kappa shape index (κ2) is 6.00. The van der Waals surface area contributed by atoms with E-state index in [2.05, 4.69) is 9.97 Å². The first kappa shape index (κ1) is 14.0. The average molecular weight is 251 g/mol. The molecule has 1 rings (SSSR count). The summed E-state index contributed by atoms with van der Waals surface area (Å²) < 4.78 is 0. The maximum absolute atomic E-state index is 11.9. The van der Waals surface area contributed by atoms with E-state index in [-0.39, 0.29) is 12.3 Å². The van der Waals surface area contributed by atoms with E-state index in [0.717, 1.165) is 0 Å². The van der Waals surface area contributed by atoms with Gasteiger partial charge < -0.3 is 15.0 Å². The van der Waals surface area contributed by atoms with Crippen molar-refractivity contribution in [3.63, 3.8) is 0 Å². The first-order chi connectivity index (χ1) is 8.47. The number of carbonyl (C=O) groups is 2. The second-order valence-corrected chi connectivity index (χ2v) is 4.02. The molecule has 0 saturated heterocycles. The number of allylic oxidation sites excluding steroid dienone is 1. The number of carboxylic acid groups (broad SMARTS) is 1. The normalized spacial score (nSPS) is 13.2. The maximum atomic E-state index is 11.9. The molecule has 1 aromatic rings. The number of nitrogens with one attached hydrogen (secondary N) is 1. The van der Waals surface area contributed by atoms with E-state index in [1.54, 1.807) is 26.1 Å². The number of aromatic nitrogens is 2. The second-order valence-electron chi connectivity index (χ2n) is 4.02. The lowest BCUT2D eigenvalue weighted by Crippen LogP contribution is -2.44. The molecule has 1 amide bonds. The van der Waals surface area contributed by atoms with E-state index in [0.29, 0.717) is 11.3 Å². The van der Waals surface area contributed by atoms with Crippen LogP contribution >= 0.6 is 0 Å². The van der Waals surface area contributed by atoms with Gasteiger partial charge in [-0.15, -0.1) is 0 Å². The molecule has 0 aliphatic rings. The van der Waals surface area contributed by atoms with Crippen molar-refractivity contribution < 1.29 is 14.7 Å². The number of amides is 1. The van der Waals surface area contributed by atoms with Gasteiger partial charge in [0, 0.05) is 30.9 Å². The fraction of sp³-hybridized carbons (Fsp3) is 0.417. The van der Waals surface area contributed by atoms with Crippen LogP contribution in [0.5, 0.6) is 0 Å². The molecule has 0 aliphatic carbocycles. The van der Waals surface area contributed by atoms with Gasteiger partial charge in [0.05, 0.1) is 6.33 Å². The third-order valence-electron chi connectivity index (χ3n) is 2.81. The van der Waals surface area contributed by atoms with Crippen molar-refractivity contribution in [3.05, 3.63) is 29.9 Å². The molecule has 2 N–H and O–H groups in total. The summed E-state index contributed by atoms with van der Waals surface area (Å²) in [4.78, 5) is 31.0. The van der Waals surface area contributed by atoms with E-state index >= 15 is 0 Å². The lowest BCUT2D eigenvalue weighted by atomic mass is 10.1. The highest BCUT2D eigenvalue weighted by molar-refractivity contribution is 5.95. The predicted octanol–water partition coefficient (Wildman–Crippen LogP) is 0.830. The van der Waals surface area contributed by atoms with Crippen LogP contribution in [-0.4, -0.2) is 44.9 Å². The summed E-state index contributed by atoms with van der Waals surface area (Å²) in [7, 11) is 1.49. The molecule has 1 heterocycles. The van der Waals surface area contributed by atoms with Gasteiger partial charge in [-0.1, -0.05) is 6.08 Å². The number of nitrogens with zero attached hydrogens (tertiary/aromatic N) is 2. The van der Waals surface area contributed by atoms with Crippen LogP contribution in [0, 0.1) is 0 Å². The Hall–Kier alpha value is -2.11. The Morgan fingerprint density at radius 1 is 1.61 bits per heavy atom. The number of aliphatic carboxylic acids is 1. The molecule has 0 bridgehead atoms. The summed E-state index contributed by atoms with van der Waals surface area (Å²) in [5.41, 5.74) is 1.20. The van der Waals surface area contributed by atoms with Crippen molar-refractivity contribution >= 4 is 11.9 Å². The van der Waals surface area contributed by atoms with Crippen LogP contribution in [0.2, 0.25) is 0 Å². The number of carboxylic acids is 1. The largest absolute Gasteiger partial charge is 0.480 e. The van der Waals surface area contributed by atoms with Crippen molar-refractivity contribution in [3.8, 4) is 0 Å². The molecule has 98 valence electrons. The summed E-state index contributed by atoms with van der Waals surface area (Å²) in [5, 5.41) is 9.20. The van der Waals surface area contributed by atoms with Crippen LogP contribution in [0.25, 0.3) is 0 Å². The number of carbonyl (C=O) groups excluding carboxylic acids is 1. The third-order valence-corrected chi connectivity index (χ3v) is 2.81. The van der Waals surface area contributed by atoms with E-state index in [9.17, 15) is 14.7 Å². The maximum Gasteiger partial charge on any atom is 0.326 e. The minimum absolute atomic E-state index is 0.203. The highest BCUT2D eigenvalue weighted by Crippen LogP contribution is 2.09. The van der Waals surface area contributed by atoms with Crippen LogP contribution < -0.4 is 0 Å². The smallest absolute Gasteiger partial charge is 0.326 e. The van der Waals surface area contributed by atoms with Gasteiger partial charge >= 0.3 is 5.97 Å². The Kier molecular flexibility index (Phi) is 4.65. The van der Waals surface area contributed by atoms with Gasteiger partial charge in [-0.05, 0) is 13.8 Å². The molecule has 0 spiro atoms. The molecule has 1 aromatic heterocycles. The van der Waals surface area contributed by atoms with Gasteiger partial charge in [-0.3, -0.25) is 4.79 Å². The molecule has 0 radical (unpaired) electrons. The lowest BCUT2D eigenvalue weighted by Gasteiger charge is -2.24. The highest BCUT2D eigenvalue weighted by Gasteiger charge is 2.27. The van der Waals surface area contributed by atoms with Gasteiger partial charge in [-0.25, -0.2) is 9.78 Å². The van der Waals surface area contributed by atoms with Crippen molar-refractivity contribution in [1.82, 2.24) is 14.9 Å². The van der Waals surface area contributed by atoms with E-state index in [4.69, 9.17) is 0 Å². The SMILES string of the molecule is CC=C(C)C(=O)N(C)[C@@H](Cc1cnc[nH]1)C(=O)O. The van der Waals surface area contributed by atoms with E-state index < -0.39 is 12.0 Å². The fourth-order valence-electron chi connectivity index (χ4n) is 1.54. The molecule has 0 unspecified atom stereocenters. The summed E-state index contributed by atoms with van der Waals surface area (Å²) in [6, 6.07) is -0.909. The number of aromatic amines is 1. The Morgan fingerprint density at radius 2 is 2.28 bits per heavy atom. The summed E-state index contributed by atoms with van der Waals surface area (Å²) >= 11 is 0. The Morgan fingerprint density at radius 3 is 2.72 bits per heavy atom. The van der Waals surface area contributed by atoms with Crippen LogP contribution in [0.15, 0.2) is 24.2 Å². The Labute approximate surface area is 105 Å². The third kappa shape index (κ3) is 3.19. The first-order valence-electron chi connectivity index (χ1n) is 5.57. The van der Waals surface area contributed by atoms with Gasteiger partial charge in [0.25, 0.3) is 0 Å². The van der Waals surface area contributed by atoms with Gasteiger partial charge in [-0.2, -0.15) is 0 Å². The van der Waals surface area contributed by atoms with Gasteiger partial charge in [0.15, 0.2) is 0 Å². The molecule has 6 nitrogen and oxygen atoms in total. The minimum Gasteiger partial charge on any atom is -0.480 e. The quantitative estimate of drug-likeness (QED) is 0.759. The number of imidazole rings is 1. The summed E-state index contributed by atoms with van der Waals surface area (Å²) in [6.45, 7) is 3.40. The van der Waals surface area contributed by atoms with E-state index in [1.807, 2.05) is 0 Å². The average Bonchev–Trinajstić information content (AvgIpc) is 2.85. The van der Waals surface area contributed by atoms with E-state index in [1.165, 1.54) is 18.3 Å². The molecule has 0 fully saturated rings. The van der Waals surface area contributed by atoms with Crippen molar-refractivity contribution in [2.75, 3.05) is 7.05 Å². The molecule has 0 saturated carbocycles. The highest BCUT2D eigenvalue weighted by atomic mass is 16.4. The van der Waals surface area contributed by atoms with Crippen LogP contribution in [0.4, 0.5) is 0 Å². The fourth-order valence-corrected chi connectivity index (χ4v) is 1.54. The summed E-state index contributed by atoms with van der Waals surface area (Å²) in [5.74, 6) is -1.33. The topological polar surface area (TPSA) is 86.3 Å². The minimum atomic E-state index is -1.04. The van der Waals surface area contributed by atoms with Crippen molar-refractivity contribution in [2.45, 2.75) is 26.3 Å². The van der Waals surface area contributed by atoms with Crippen LogP contribution in [0.1, 0.15) is 19.5 Å². The van der Waals surface area contributed by atoms with Crippen LogP contribution in [-0.2, 0) is 16.0 Å². The molecule has 1 atom stereocenters. The van der Waals surface area contributed by atoms with Gasteiger partial charge in [0.1, 0.15) is 6.04 Å². The monoisotopic (exact) mass is 251 g/mol. The number of H-pyrrole nitrogens is 1. The first-order valence-corrected chi connectivity index (χ1v) is 5.57. The van der Waals surface area contributed by atoms with Gasteiger partial charge in [0.2, 0.25) is 5.91 Å².